The monoisotopic (exact) mass is 463 g/mol. The van der Waals surface area contributed by atoms with Crippen LogP contribution >= 0.6 is 0 Å². The van der Waals surface area contributed by atoms with E-state index in [1.165, 1.54) is 12.1 Å². The predicted octanol–water partition coefficient (Wildman–Crippen LogP) is 3.98. The molecule has 33 heavy (non-hydrogen) atoms. The Labute approximate surface area is 191 Å². The third kappa shape index (κ3) is 5.30. The molecule has 9 heteroatoms. The van der Waals surface area contributed by atoms with Gasteiger partial charge in [0.05, 0.1) is 11.6 Å². The van der Waals surface area contributed by atoms with Crippen LogP contribution in [0.3, 0.4) is 0 Å². The SMILES string of the molecule is C[C@H](NC(=O)C1(N2CC[C@@H](Oc3cccc(C(F)(F)F)c3)C2)CCOCC1)c1ccncc1. The van der Waals surface area contributed by atoms with Gasteiger partial charge in [0.25, 0.3) is 0 Å². The van der Waals surface area contributed by atoms with Crippen LogP contribution in [0.5, 0.6) is 5.75 Å². The van der Waals surface area contributed by atoms with Gasteiger partial charge in [0, 0.05) is 38.7 Å². The molecule has 178 valence electrons. The summed E-state index contributed by atoms with van der Waals surface area (Å²) in [4.78, 5) is 19.7. The second-order valence-electron chi connectivity index (χ2n) is 8.62. The fourth-order valence-corrected chi connectivity index (χ4v) is 4.61. The van der Waals surface area contributed by atoms with Gasteiger partial charge in [-0.3, -0.25) is 14.7 Å². The van der Waals surface area contributed by atoms with Crippen LogP contribution in [0.25, 0.3) is 0 Å². The molecule has 2 aromatic rings. The number of likely N-dealkylation sites (tertiary alicyclic amines) is 1. The zero-order chi connectivity index (χ0) is 23.5. The smallest absolute Gasteiger partial charge is 0.416 e. The molecule has 1 amide bonds. The first-order valence-electron chi connectivity index (χ1n) is 11.2. The molecule has 2 saturated heterocycles. The maximum absolute atomic E-state index is 13.5. The van der Waals surface area contributed by atoms with E-state index in [1.54, 1.807) is 12.4 Å². The Morgan fingerprint density at radius 1 is 1.24 bits per heavy atom. The minimum atomic E-state index is -4.42. The van der Waals surface area contributed by atoms with Gasteiger partial charge in [0.1, 0.15) is 17.4 Å². The highest BCUT2D eigenvalue weighted by Crippen LogP contribution is 2.35. The van der Waals surface area contributed by atoms with Crippen LogP contribution in [0.15, 0.2) is 48.8 Å². The molecule has 6 nitrogen and oxygen atoms in total. The first-order valence-corrected chi connectivity index (χ1v) is 11.2. The minimum absolute atomic E-state index is 0.0603. The molecule has 2 fully saturated rings. The average molecular weight is 464 g/mol. The number of amides is 1. The Bertz CT molecular complexity index is 949. The summed E-state index contributed by atoms with van der Waals surface area (Å²) in [7, 11) is 0. The molecule has 2 aliphatic heterocycles. The maximum atomic E-state index is 13.5. The zero-order valence-corrected chi connectivity index (χ0v) is 18.5. The fraction of sp³-hybridized carbons (Fsp3) is 0.500. The summed E-state index contributed by atoms with van der Waals surface area (Å²) in [6, 6.07) is 8.49. The molecule has 0 spiro atoms. The quantitative estimate of drug-likeness (QED) is 0.702. The second-order valence-corrected chi connectivity index (χ2v) is 8.62. The van der Waals surface area contributed by atoms with Crippen LogP contribution in [-0.4, -0.2) is 53.7 Å². The van der Waals surface area contributed by atoms with E-state index in [1.807, 2.05) is 19.1 Å². The van der Waals surface area contributed by atoms with Gasteiger partial charge < -0.3 is 14.8 Å². The highest BCUT2D eigenvalue weighted by molar-refractivity contribution is 5.87. The standard InChI is InChI=1S/C24H28F3N3O3/c1-17(18-5-10-28-11-6-18)29-22(31)23(8-13-32-14-9-23)30-12-7-21(16-30)33-20-4-2-3-19(15-20)24(25,26)27/h2-6,10-11,15,17,21H,7-9,12-14,16H2,1H3,(H,29,31)/t17-,21+/m0/s1. The van der Waals surface area contributed by atoms with Gasteiger partial charge in [-0.25, -0.2) is 0 Å². The molecule has 1 N–H and O–H groups in total. The Morgan fingerprint density at radius 2 is 1.97 bits per heavy atom. The number of alkyl halides is 3. The van der Waals surface area contributed by atoms with Crippen molar-refractivity contribution in [1.29, 1.82) is 0 Å². The van der Waals surface area contributed by atoms with Crippen molar-refractivity contribution < 1.29 is 27.4 Å². The third-order valence-corrected chi connectivity index (χ3v) is 6.51. The van der Waals surface area contributed by atoms with E-state index in [4.69, 9.17) is 9.47 Å². The number of hydrogen-bond donors (Lipinski definition) is 1. The fourth-order valence-electron chi connectivity index (χ4n) is 4.61. The van der Waals surface area contributed by atoms with E-state index >= 15 is 0 Å². The molecule has 0 radical (unpaired) electrons. The minimum Gasteiger partial charge on any atom is -0.489 e. The van der Waals surface area contributed by atoms with Crippen molar-refractivity contribution in [2.75, 3.05) is 26.3 Å². The van der Waals surface area contributed by atoms with Crippen molar-refractivity contribution in [2.24, 2.45) is 0 Å². The number of aromatic nitrogens is 1. The molecule has 0 unspecified atom stereocenters. The van der Waals surface area contributed by atoms with E-state index in [9.17, 15) is 18.0 Å². The number of benzene rings is 1. The van der Waals surface area contributed by atoms with Crippen LogP contribution in [0.4, 0.5) is 13.2 Å². The van der Waals surface area contributed by atoms with Crippen LogP contribution in [0.1, 0.15) is 43.4 Å². The first-order chi connectivity index (χ1) is 15.8. The van der Waals surface area contributed by atoms with Crippen molar-refractivity contribution in [3.8, 4) is 5.75 Å². The number of carbonyl (C=O) groups excluding carboxylic acids is 1. The molecule has 3 heterocycles. The van der Waals surface area contributed by atoms with E-state index < -0.39 is 17.3 Å². The molecule has 2 aliphatic rings. The molecule has 4 rings (SSSR count). The third-order valence-electron chi connectivity index (χ3n) is 6.51. The highest BCUT2D eigenvalue weighted by Gasteiger charge is 2.48. The van der Waals surface area contributed by atoms with Gasteiger partial charge in [-0.1, -0.05) is 6.07 Å². The number of ether oxygens (including phenoxy) is 2. The van der Waals surface area contributed by atoms with E-state index in [0.717, 1.165) is 17.7 Å². The van der Waals surface area contributed by atoms with Gasteiger partial charge in [-0.05, 0) is 62.1 Å². The van der Waals surface area contributed by atoms with Gasteiger partial charge in [0.2, 0.25) is 5.91 Å². The summed E-state index contributed by atoms with van der Waals surface area (Å²) >= 11 is 0. The molecule has 1 aromatic heterocycles. The van der Waals surface area contributed by atoms with Crippen LogP contribution in [-0.2, 0) is 15.7 Å². The molecule has 1 aromatic carbocycles. The largest absolute Gasteiger partial charge is 0.489 e. The summed E-state index contributed by atoms with van der Waals surface area (Å²) in [5, 5.41) is 3.14. The maximum Gasteiger partial charge on any atom is 0.416 e. The van der Waals surface area contributed by atoms with Crippen molar-refractivity contribution in [1.82, 2.24) is 15.2 Å². The summed E-state index contributed by atoms with van der Waals surface area (Å²) in [6.45, 7) is 3.98. The average Bonchev–Trinajstić information content (AvgIpc) is 3.28. The summed E-state index contributed by atoms with van der Waals surface area (Å²) in [5.74, 6) is 0.128. The first kappa shape index (κ1) is 23.5. The van der Waals surface area contributed by atoms with Gasteiger partial charge >= 0.3 is 6.18 Å². The van der Waals surface area contributed by atoms with E-state index in [2.05, 4.69) is 15.2 Å². The zero-order valence-electron chi connectivity index (χ0n) is 18.5. The molecule has 2 atom stereocenters. The van der Waals surface area contributed by atoms with Crippen molar-refractivity contribution in [3.63, 3.8) is 0 Å². The summed E-state index contributed by atoms with van der Waals surface area (Å²) < 4.78 is 50.5. The lowest BCUT2D eigenvalue weighted by Gasteiger charge is -2.43. The van der Waals surface area contributed by atoms with E-state index in [0.29, 0.717) is 45.6 Å². The number of halogens is 3. The summed E-state index contributed by atoms with van der Waals surface area (Å²) in [6.07, 6.45) is 0.411. The molecule has 0 bridgehead atoms. The van der Waals surface area contributed by atoms with E-state index in [-0.39, 0.29) is 23.8 Å². The van der Waals surface area contributed by atoms with Crippen molar-refractivity contribution >= 4 is 5.91 Å². The van der Waals surface area contributed by atoms with Crippen LogP contribution in [0, 0.1) is 0 Å². The summed E-state index contributed by atoms with van der Waals surface area (Å²) in [5.41, 5.74) is -0.501. The number of nitrogens with one attached hydrogen (secondary N) is 1. The molecule has 0 aliphatic carbocycles. The molecule has 0 saturated carbocycles. The predicted molar refractivity (Wildman–Crippen MR) is 116 cm³/mol. The number of rotatable bonds is 6. The Morgan fingerprint density at radius 3 is 2.67 bits per heavy atom. The van der Waals surface area contributed by atoms with Gasteiger partial charge in [-0.15, -0.1) is 0 Å². The Balaban J connectivity index is 1.45. The highest BCUT2D eigenvalue weighted by atomic mass is 19.4. The lowest BCUT2D eigenvalue weighted by Crippen LogP contribution is -2.61. The number of carbonyl (C=O) groups is 1. The second kappa shape index (κ2) is 9.69. The number of nitrogens with zero attached hydrogens (tertiary/aromatic N) is 2. The number of hydrogen-bond acceptors (Lipinski definition) is 5. The Hall–Kier alpha value is -2.65. The Kier molecular flexibility index (Phi) is 6.90. The topological polar surface area (TPSA) is 63.7 Å². The van der Waals surface area contributed by atoms with Crippen LogP contribution in [0.2, 0.25) is 0 Å². The van der Waals surface area contributed by atoms with Crippen LogP contribution < -0.4 is 10.1 Å². The van der Waals surface area contributed by atoms with Gasteiger partial charge in [0.15, 0.2) is 0 Å². The number of pyridine rings is 1. The van der Waals surface area contributed by atoms with Gasteiger partial charge in [-0.2, -0.15) is 13.2 Å². The van der Waals surface area contributed by atoms with Crippen molar-refractivity contribution in [3.05, 3.63) is 59.9 Å². The molecular formula is C24H28F3N3O3. The lowest BCUT2D eigenvalue weighted by atomic mass is 9.86. The lowest BCUT2D eigenvalue weighted by molar-refractivity contribution is -0.141. The normalized spacial score (nSPS) is 22.0. The van der Waals surface area contributed by atoms with Crippen molar-refractivity contribution in [2.45, 2.75) is 50.0 Å². The molecular weight excluding hydrogens is 435 g/mol.